The van der Waals surface area contributed by atoms with Crippen LogP contribution in [0.2, 0.25) is 0 Å². The van der Waals surface area contributed by atoms with E-state index < -0.39 is 11.7 Å². The van der Waals surface area contributed by atoms with E-state index in [2.05, 4.69) is 20.6 Å². The molecule has 2 rings (SSSR count). The fraction of sp³-hybridized carbons (Fsp3) is 0.250. The van der Waals surface area contributed by atoms with E-state index in [4.69, 9.17) is 0 Å². The molecule has 0 radical (unpaired) electrons. The van der Waals surface area contributed by atoms with Crippen LogP contribution in [-0.2, 0) is 0 Å². The Morgan fingerprint density at radius 2 is 2.32 bits per heavy atom. The molecular formula is C12H13FN4OS. The van der Waals surface area contributed by atoms with Gasteiger partial charge in [-0.3, -0.25) is 15.1 Å². The molecule has 0 bridgehead atoms. The third-order valence-electron chi connectivity index (χ3n) is 2.64. The zero-order valence-electron chi connectivity index (χ0n) is 10.5. The number of nitrogens with one attached hydrogen (secondary N) is 2. The van der Waals surface area contributed by atoms with Crippen molar-refractivity contribution in [2.24, 2.45) is 0 Å². The first-order valence-electron chi connectivity index (χ1n) is 5.65. The van der Waals surface area contributed by atoms with Crippen molar-refractivity contribution in [3.05, 3.63) is 40.9 Å². The van der Waals surface area contributed by atoms with E-state index in [9.17, 15) is 9.18 Å². The fourth-order valence-electron chi connectivity index (χ4n) is 1.41. The number of amides is 1. The highest BCUT2D eigenvalue weighted by Gasteiger charge is 2.14. The number of anilines is 1. The maximum atomic E-state index is 13.4. The molecule has 5 nitrogen and oxygen atoms in total. The van der Waals surface area contributed by atoms with Crippen molar-refractivity contribution in [2.75, 3.05) is 12.4 Å². The number of rotatable bonds is 4. The van der Waals surface area contributed by atoms with Crippen LogP contribution < -0.4 is 10.6 Å². The molecule has 1 atom stereocenters. The van der Waals surface area contributed by atoms with Crippen LogP contribution in [0.3, 0.4) is 0 Å². The Balaban J connectivity index is 2.11. The summed E-state index contributed by atoms with van der Waals surface area (Å²) >= 11 is 1.30. The van der Waals surface area contributed by atoms with Crippen LogP contribution in [0, 0.1) is 5.82 Å². The Bertz CT molecular complexity index is 587. The Morgan fingerprint density at radius 3 is 3.00 bits per heavy atom. The van der Waals surface area contributed by atoms with E-state index in [1.165, 1.54) is 23.6 Å². The van der Waals surface area contributed by atoms with Gasteiger partial charge in [0.25, 0.3) is 5.91 Å². The lowest BCUT2D eigenvalue weighted by molar-refractivity contribution is 0.102. The van der Waals surface area contributed by atoms with Crippen molar-refractivity contribution in [2.45, 2.75) is 13.0 Å². The second kappa shape index (κ2) is 5.85. The predicted octanol–water partition coefficient (Wildman–Crippen LogP) is 2.21. The normalized spacial score (nSPS) is 12.2. The number of thiazole rings is 1. The lowest BCUT2D eigenvalue weighted by Gasteiger charge is -2.05. The van der Waals surface area contributed by atoms with Gasteiger partial charge in [0.05, 0.1) is 17.5 Å². The van der Waals surface area contributed by atoms with Gasteiger partial charge >= 0.3 is 0 Å². The number of halogens is 1. The number of carbonyl (C=O) groups is 1. The Labute approximate surface area is 113 Å². The smallest absolute Gasteiger partial charge is 0.260 e. The summed E-state index contributed by atoms with van der Waals surface area (Å²) in [5.41, 5.74) is 0.784. The molecule has 1 unspecified atom stereocenters. The summed E-state index contributed by atoms with van der Waals surface area (Å²) in [5, 5.41) is 7.91. The lowest BCUT2D eigenvalue weighted by Crippen LogP contribution is -2.15. The molecule has 0 aliphatic carbocycles. The highest BCUT2D eigenvalue weighted by Crippen LogP contribution is 2.21. The minimum Gasteiger partial charge on any atom is -0.312 e. The van der Waals surface area contributed by atoms with Crippen LogP contribution in [0.1, 0.15) is 29.0 Å². The van der Waals surface area contributed by atoms with Crippen molar-refractivity contribution in [3.63, 3.8) is 0 Å². The summed E-state index contributed by atoms with van der Waals surface area (Å²) in [7, 11) is 1.83. The predicted molar refractivity (Wildman–Crippen MR) is 71.7 cm³/mol. The Kier molecular flexibility index (Phi) is 4.18. The van der Waals surface area contributed by atoms with E-state index in [-0.39, 0.29) is 11.6 Å². The highest BCUT2D eigenvalue weighted by molar-refractivity contribution is 7.14. The lowest BCUT2D eigenvalue weighted by atomic mass is 10.2. The summed E-state index contributed by atoms with van der Waals surface area (Å²) in [4.78, 5) is 19.7. The van der Waals surface area contributed by atoms with Crippen LogP contribution in [0.4, 0.5) is 9.52 Å². The zero-order chi connectivity index (χ0) is 13.8. The molecule has 0 fully saturated rings. The summed E-state index contributed by atoms with van der Waals surface area (Å²) in [6, 6.07) is 1.43. The van der Waals surface area contributed by atoms with Crippen molar-refractivity contribution < 1.29 is 9.18 Å². The average molecular weight is 280 g/mol. The molecule has 100 valence electrons. The zero-order valence-corrected chi connectivity index (χ0v) is 11.3. The van der Waals surface area contributed by atoms with Crippen molar-refractivity contribution >= 4 is 22.4 Å². The summed E-state index contributed by atoms with van der Waals surface area (Å²) in [5.74, 6) is -1.18. The molecule has 2 heterocycles. The molecule has 0 aliphatic heterocycles. The maximum absolute atomic E-state index is 13.4. The first kappa shape index (κ1) is 13.6. The summed E-state index contributed by atoms with van der Waals surface area (Å²) in [6.45, 7) is 1.96. The molecule has 0 saturated carbocycles. The average Bonchev–Trinajstić information content (AvgIpc) is 2.86. The standard InChI is InChI=1S/C12H13FN4OS/c1-7(14-2)10-6-19-12(16-10)17-11(18)8-3-4-15-5-9(8)13/h3-7,14H,1-2H3,(H,16,17,18). The molecule has 0 aliphatic rings. The largest absolute Gasteiger partial charge is 0.312 e. The third-order valence-corrected chi connectivity index (χ3v) is 3.41. The molecule has 1 amide bonds. The molecule has 2 aromatic heterocycles. The first-order valence-corrected chi connectivity index (χ1v) is 6.53. The number of nitrogens with zero attached hydrogens (tertiary/aromatic N) is 2. The van der Waals surface area contributed by atoms with E-state index in [0.717, 1.165) is 11.9 Å². The Morgan fingerprint density at radius 1 is 1.53 bits per heavy atom. The SMILES string of the molecule is CNC(C)c1csc(NC(=O)c2ccncc2F)n1. The number of hydrogen-bond acceptors (Lipinski definition) is 5. The second-order valence-electron chi connectivity index (χ2n) is 3.90. The third kappa shape index (κ3) is 3.12. The molecule has 0 saturated heterocycles. The number of hydrogen-bond donors (Lipinski definition) is 2. The number of aromatic nitrogens is 2. The van der Waals surface area contributed by atoms with Crippen LogP contribution in [0.5, 0.6) is 0 Å². The van der Waals surface area contributed by atoms with Crippen molar-refractivity contribution in [1.29, 1.82) is 0 Å². The van der Waals surface area contributed by atoms with Crippen LogP contribution in [0.25, 0.3) is 0 Å². The molecule has 0 aromatic carbocycles. The minimum absolute atomic E-state index is 0.0478. The Hall–Kier alpha value is -1.86. The number of pyridine rings is 1. The summed E-state index contributed by atoms with van der Waals surface area (Å²) < 4.78 is 13.4. The number of carbonyl (C=O) groups excluding carboxylic acids is 1. The van der Waals surface area contributed by atoms with Crippen LogP contribution in [0.15, 0.2) is 23.8 Å². The molecule has 2 aromatic rings. The summed E-state index contributed by atoms with van der Waals surface area (Å²) in [6.07, 6.45) is 2.37. The van der Waals surface area contributed by atoms with E-state index in [0.29, 0.717) is 5.13 Å². The van der Waals surface area contributed by atoms with Gasteiger partial charge in [0.2, 0.25) is 0 Å². The van der Waals surface area contributed by atoms with Crippen molar-refractivity contribution in [3.8, 4) is 0 Å². The van der Waals surface area contributed by atoms with Gasteiger partial charge in [0.1, 0.15) is 0 Å². The highest BCUT2D eigenvalue weighted by atomic mass is 32.1. The monoisotopic (exact) mass is 280 g/mol. The minimum atomic E-state index is -0.652. The van der Waals surface area contributed by atoms with Gasteiger partial charge < -0.3 is 5.32 Å². The van der Waals surface area contributed by atoms with Crippen LogP contribution in [-0.4, -0.2) is 22.9 Å². The van der Waals surface area contributed by atoms with Gasteiger partial charge in [-0.25, -0.2) is 9.37 Å². The van der Waals surface area contributed by atoms with Gasteiger partial charge in [-0.05, 0) is 20.0 Å². The molecule has 19 heavy (non-hydrogen) atoms. The van der Waals surface area contributed by atoms with E-state index in [1.807, 2.05) is 19.4 Å². The fourth-order valence-corrected chi connectivity index (χ4v) is 2.21. The van der Waals surface area contributed by atoms with Gasteiger partial charge in [0.15, 0.2) is 10.9 Å². The second-order valence-corrected chi connectivity index (χ2v) is 4.76. The first-order chi connectivity index (χ1) is 9.11. The molecular weight excluding hydrogens is 267 g/mol. The van der Waals surface area contributed by atoms with E-state index >= 15 is 0 Å². The topological polar surface area (TPSA) is 66.9 Å². The quantitative estimate of drug-likeness (QED) is 0.901. The van der Waals surface area contributed by atoms with Gasteiger partial charge in [-0.2, -0.15) is 0 Å². The van der Waals surface area contributed by atoms with Crippen LogP contribution >= 0.6 is 11.3 Å². The van der Waals surface area contributed by atoms with E-state index in [1.54, 1.807) is 0 Å². The van der Waals surface area contributed by atoms with Gasteiger partial charge in [-0.1, -0.05) is 0 Å². The van der Waals surface area contributed by atoms with Gasteiger partial charge in [0, 0.05) is 17.6 Å². The van der Waals surface area contributed by atoms with Crippen molar-refractivity contribution in [1.82, 2.24) is 15.3 Å². The molecule has 7 heteroatoms. The maximum Gasteiger partial charge on any atom is 0.260 e. The molecule has 2 N–H and O–H groups in total. The molecule has 0 spiro atoms. The van der Waals surface area contributed by atoms with Gasteiger partial charge in [-0.15, -0.1) is 11.3 Å².